The summed E-state index contributed by atoms with van der Waals surface area (Å²) in [6.07, 6.45) is -5.38. The maximum atomic E-state index is 11.7. The van der Waals surface area contributed by atoms with E-state index in [0.29, 0.717) is 0 Å². The van der Waals surface area contributed by atoms with Crippen molar-refractivity contribution in [3.05, 3.63) is 12.2 Å². The predicted molar refractivity (Wildman–Crippen MR) is 68.9 cm³/mol. The Balaban J connectivity index is 2.60. The Morgan fingerprint density at radius 3 is 1.86 bits per heavy atom. The van der Waals surface area contributed by atoms with E-state index >= 15 is 0 Å². The largest absolute Gasteiger partial charge is 0.385 e. The van der Waals surface area contributed by atoms with Crippen molar-refractivity contribution in [3.63, 3.8) is 0 Å². The number of nitrogens with zero attached hydrogens (tertiary/aromatic N) is 1. The minimum absolute atomic E-state index is 0.282. The first-order valence-corrected chi connectivity index (χ1v) is 6.30. The van der Waals surface area contributed by atoms with Crippen molar-refractivity contribution in [3.8, 4) is 0 Å². The molecule has 0 saturated heterocycles. The summed E-state index contributed by atoms with van der Waals surface area (Å²) in [6, 6.07) is 0. The number of ketones is 3. The van der Waals surface area contributed by atoms with Gasteiger partial charge in [-0.1, -0.05) is 0 Å². The van der Waals surface area contributed by atoms with Gasteiger partial charge >= 0.3 is 0 Å². The Labute approximate surface area is 124 Å². The average molecular weight is 313 g/mol. The van der Waals surface area contributed by atoms with Gasteiger partial charge in [-0.05, 0) is 6.92 Å². The smallest absolute Gasteiger partial charge is 0.256 e. The SMILES string of the molecule is CC(=O)[C@H](O)CC(=O)[C@@H](O)CC(=O)[C@H](O)N1C(=O)C=CC1=O. The van der Waals surface area contributed by atoms with E-state index in [2.05, 4.69) is 0 Å². The first kappa shape index (κ1) is 17.8. The third-order valence-electron chi connectivity index (χ3n) is 3.01. The van der Waals surface area contributed by atoms with Gasteiger partial charge in [-0.15, -0.1) is 0 Å². The summed E-state index contributed by atoms with van der Waals surface area (Å²) < 4.78 is 0. The summed E-state index contributed by atoms with van der Waals surface area (Å²) in [5.74, 6) is -4.55. The normalized spacial score (nSPS) is 18.3. The minimum atomic E-state index is -2.12. The number of rotatable bonds is 8. The monoisotopic (exact) mass is 313 g/mol. The minimum Gasteiger partial charge on any atom is -0.385 e. The third-order valence-corrected chi connectivity index (χ3v) is 3.01. The van der Waals surface area contributed by atoms with Crippen LogP contribution < -0.4 is 0 Å². The highest BCUT2D eigenvalue weighted by Crippen LogP contribution is 2.11. The van der Waals surface area contributed by atoms with Crippen molar-refractivity contribution in [1.29, 1.82) is 0 Å². The van der Waals surface area contributed by atoms with Crippen LogP contribution >= 0.6 is 0 Å². The van der Waals surface area contributed by atoms with Gasteiger partial charge in [-0.2, -0.15) is 0 Å². The molecule has 0 radical (unpaired) electrons. The van der Waals surface area contributed by atoms with Gasteiger partial charge in [0.05, 0.1) is 0 Å². The van der Waals surface area contributed by atoms with Crippen molar-refractivity contribution in [2.45, 2.75) is 38.2 Å². The van der Waals surface area contributed by atoms with E-state index < -0.39 is 60.4 Å². The molecule has 3 atom stereocenters. The van der Waals surface area contributed by atoms with E-state index in [9.17, 15) is 39.3 Å². The molecule has 1 rings (SSSR count). The zero-order chi connectivity index (χ0) is 17.0. The van der Waals surface area contributed by atoms with Crippen molar-refractivity contribution in [2.75, 3.05) is 0 Å². The van der Waals surface area contributed by atoms with Crippen molar-refractivity contribution in [2.24, 2.45) is 0 Å². The molecule has 0 fully saturated rings. The maximum absolute atomic E-state index is 11.7. The Hall–Kier alpha value is -2.23. The van der Waals surface area contributed by atoms with Crippen molar-refractivity contribution >= 4 is 29.2 Å². The highest BCUT2D eigenvalue weighted by molar-refractivity contribution is 6.15. The van der Waals surface area contributed by atoms with E-state index in [4.69, 9.17) is 0 Å². The molecule has 0 aromatic rings. The number of hydrogen-bond acceptors (Lipinski definition) is 8. The number of Topliss-reactive ketones (excluding diaryl/α,β-unsaturated/α-hetero) is 3. The molecule has 0 aromatic carbocycles. The van der Waals surface area contributed by atoms with E-state index in [1.165, 1.54) is 0 Å². The molecule has 0 saturated carbocycles. The lowest BCUT2D eigenvalue weighted by molar-refractivity contribution is -0.157. The quantitative estimate of drug-likeness (QED) is 0.415. The molecule has 9 heteroatoms. The fraction of sp³-hybridized carbons (Fsp3) is 0.462. The fourth-order valence-corrected chi connectivity index (χ4v) is 1.68. The molecule has 2 amide bonds. The van der Waals surface area contributed by atoms with Gasteiger partial charge in [0.15, 0.2) is 23.6 Å². The highest BCUT2D eigenvalue weighted by Gasteiger charge is 2.35. The molecular formula is C13H15NO8. The van der Waals surface area contributed by atoms with Crippen LogP contribution in [0.1, 0.15) is 19.8 Å². The summed E-state index contributed by atoms with van der Waals surface area (Å²) in [5, 5.41) is 28.4. The second-order valence-corrected chi connectivity index (χ2v) is 4.74. The molecule has 0 aromatic heterocycles. The van der Waals surface area contributed by atoms with Crippen LogP contribution in [0.4, 0.5) is 0 Å². The number of carbonyl (C=O) groups excluding carboxylic acids is 5. The Morgan fingerprint density at radius 1 is 0.955 bits per heavy atom. The van der Waals surface area contributed by atoms with Gasteiger partial charge in [-0.3, -0.25) is 24.0 Å². The highest BCUT2D eigenvalue weighted by atomic mass is 16.3. The summed E-state index contributed by atoms with van der Waals surface area (Å²) in [5.41, 5.74) is 0. The maximum Gasteiger partial charge on any atom is 0.256 e. The summed E-state index contributed by atoms with van der Waals surface area (Å²) in [4.78, 5) is 56.8. The molecule has 0 aliphatic carbocycles. The van der Waals surface area contributed by atoms with Gasteiger partial charge in [0.1, 0.15) is 12.2 Å². The van der Waals surface area contributed by atoms with Crippen molar-refractivity contribution in [1.82, 2.24) is 4.90 Å². The number of aliphatic hydroxyl groups excluding tert-OH is 3. The number of imide groups is 1. The van der Waals surface area contributed by atoms with Crippen LogP contribution in [0.15, 0.2) is 12.2 Å². The lowest BCUT2D eigenvalue weighted by Crippen LogP contribution is -2.46. The van der Waals surface area contributed by atoms with Crippen LogP contribution in [0.5, 0.6) is 0 Å². The molecule has 3 N–H and O–H groups in total. The van der Waals surface area contributed by atoms with E-state index in [1.54, 1.807) is 0 Å². The fourth-order valence-electron chi connectivity index (χ4n) is 1.68. The van der Waals surface area contributed by atoms with Gasteiger partial charge in [0.25, 0.3) is 11.8 Å². The Kier molecular flexibility index (Phi) is 5.80. The zero-order valence-electron chi connectivity index (χ0n) is 11.6. The molecule has 9 nitrogen and oxygen atoms in total. The Bertz CT molecular complexity index is 534. The number of carbonyl (C=O) groups is 5. The molecular weight excluding hydrogens is 298 g/mol. The molecule has 0 bridgehead atoms. The summed E-state index contributed by atoms with van der Waals surface area (Å²) in [6.45, 7) is 1.05. The standard InChI is InChI=1S/C13H15NO8/c1-6(15)7(16)4-8(17)9(18)5-10(19)13(22)14-11(20)2-3-12(14)21/h2-3,7,9,13,16,18,22H,4-5H2,1H3/t7-,9+,13+/m1/s1. The van der Waals surface area contributed by atoms with E-state index in [0.717, 1.165) is 19.1 Å². The number of aliphatic hydroxyl groups is 3. The second kappa shape index (κ2) is 7.16. The van der Waals surface area contributed by atoms with E-state index in [-0.39, 0.29) is 4.90 Å². The number of hydrogen-bond donors (Lipinski definition) is 3. The van der Waals surface area contributed by atoms with Crippen molar-refractivity contribution < 1.29 is 39.3 Å². The molecule has 1 heterocycles. The first-order valence-electron chi connectivity index (χ1n) is 6.30. The van der Waals surface area contributed by atoms with Crippen LogP contribution in [0.3, 0.4) is 0 Å². The van der Waals surface area contributed by atoms with E-state index in [1.807, 2.05) is 0 Å². The van der Waals surface area contributed by atoms with Gasteiger partial charge < -0.3 is 15.3 Å². The second-order valence-electron chi connectivity index (χ2n) is 4.74. The first-order chi connectivity index (χ1) is 10.1. The molecule has 0 unspecified atom stereocenters. The summed E-state index contributed by atoms with van der Waals surface area (Å²) >= 11 is 0. The molecule has 0 spiro atoms. The topological polar surface area (TPSA) is 149 Å². The van der Waals surface area contributed by atoms with Crippen LogP contribution in [-0.4, -0.2) is 67.8 Å². The lowest BCUT2D eigenvalue weighted by Gasteiger charge is -2.20. The predicted octanol–water partition coefficient (Wildman–Crippen LogP) is -2.54. The van der Waals surface area contributed by atoms with Gasteiger partial charge in [0, 0.05) is 25.0 Å². The summed E-state index contributed by atoms with van der Waals surface area (Å²) in [7, 11) is 0. The van der Waals surface area contributed by atoms with Gasteiger partial charge in [-0.25, -0.2) is 4.90 Å². The molecule has 120 valence electrons. The molecule has 1 aliphatic heterocycles. The molecule has 22 heavy (non-hydrogen) atoms. The lowest BCUT2D eigenvalue weighted by atomic mass is 10.0. The third kappa shape index (κ3) is 4.13. The van der Waals surface area contributed by atoms with Crippen LogP contribution in [-0.2, 0) is 24.0 Å². The number of amides is 2. The zero-order valence-corrected chi connectivity index (χ0v) is 11.6. The van der Waals surface area contributed by atoms with Crippen LogP contribution in [0, 0.1) is 0 Å². The van der Waals surface area contributed by atoms with Crippen LogP contribution in [0.25, 0.3) is 0 Å². The average Bonchev–Trinajstić information content (AvgIpc) is 2.76. The molecule has 1 aliphatic rings. The van der Waals surface area contributed by atoms with Crippen LogP contribution in [0.2, 0.25) is 0 Å². The van der Waals surface area contributed by atoms with Gasteiger partial charge in [0.2, 0.25) is 0 Å². The Morgan fingerprint density at radius 2 is 1.41 bits per heavy atom.